The van der Waals surface area contributed by atoms with E-state index in [1.807, 2.05) is 0 Å². The molecule has 0 aromatic rings. The van der Waals surface area contributed by atoms with Crippen molar-refractivity contribution in [2.45, 2.75) is 58.5 Å². The Morgan fingerprint density at radius 1 is 1.20 bits per heavy atom. The van der Waals surface area contributed by atoms with Gasteiger partial charge in [-0.15, -0.1) is 0 Å². The quantitative estimate of drug-likeness (QED) is 0.752. The van der Waals surface area contributed by atoms with Gasteiger partial charge in [-0.25, -0.2) is 0 Å². The lowest BCUT2D eigenvalue weighted by Crippen LogP contribution is -2.54. The van der Waals surface area contributed by atoms with Gasteiger partial charge >= 0.3 is 0 Å². The molecule has 1 N–H and O–H groups in total. The number of hydrogen-bond donors (Lipinski definition) is 1. The van der Waals surface area contributed by atoms with Crippen LogP contribution in [0.5, 0.6) is 0 Å². The molecule has 2 heteroatoms. The first kappa shape index (κ1) is 11.4. The number of rotatable bonds is 2. The van der Waals surface area contributed by atoms with Crippen LogP contribution in [-0.4, -0.2) is 36.6 Å². The fourth-order valence-electron chi connectivity index (χ4n) is 3.50. The highest BCUT2D eigenvalue weighted by Crippen LogP contribution is 2.41. The Balaban J connectivity index is 0.000000853. The van der Waals surface area contributed by atoms with Gasteiger partial charge in [0.25, 0.3) is 0 Å². The van der Waals surface area contributed by atoms with Crippen molar-refractivity contribution in [1.29, 1.82) is 0 Å². The van der Waals surface area contributed by atoms with Crippen molar-refractivity contribution >= 4 is 0 Å². The van der Waals surface area contributed by atoms with E-state index in [9.17, 15) is 0 Å². The van der Waals surface area contributed by atoms with Crippen LogP contribution < -0.4 is 5.32 Å². The van der Waals surface area contributed by atoms with Crippen LogP contribution in [0, 0.1) is 5.41 Å². The van der Waals surface area contributed by atoms with Crippen molar-refractivity contribution in [3.05, 3.63) is 0 Å². The van der Waals surface area contributed by atoms with E-state index in [0.717, 1.165) is 12.1 Å². The summed E-state index contributed by atoms with van der Waals surface area (Å²) in [5.41, 5.74) is 0.677. The topological polar surface area (TPSA) is 15.3 Å². The van der Waals surface area contributed by atoms with Gasteiger partial charge in [0.1, 0.15) is 0 Å². The lowest BCUT2D eigenvalue weighted by atomic mass is 9.70. The van der Waals surface area contributed by atoms with Gasteiger partial charge in [0.2, 0.25) is 0 Å². The van der Waals surface area contributed by atoms with E-state index in [-0.39, 0.29) is 7.43 Å². The summed E-state index contributed by atoms with van der Waals surface area (Å²) in [5.74, 6) is 0. The molecule has 2 unspecified atom stereocenters. The SMILES string of the molecule is C.CC1(CN2CC3CCC(C2)N3)CCC1. The summed E-state index contributed by atoms with van der Waals surface area (Å²) in [4.78, 5) is 2.72. The first-order valence-corrected chi connectivity index (χ1v) is 6.22. The average molecular weight is 210 g/mol. The highest BCUT2D eigenvalue weighted by Gasteiger charge is 2.38. The van der Waals surface area contributed by atoms with Gasteiger partial charge in [0.05, 0.1) is 0 Å². The number of nitrogens with zero attached hydrogens (tertiary/aromatic N) is 1. The number of fused-ring (bicyclic) bond motifs is 2. The summed E-state index contributed by atoms with van der Waals surface area (Å²) in [6, 6.07) is 1.63. The van der Waals surface area contributed by atoms with Crippen molar-refractivity contribution in [1.82, 2.24) is 10.2 Å². The molecule has 88 valence electrons. The summed E-state index contributed by atoms with van der Waals surface area (Å²) in [7, 11) is 0. The Hall–Kier alpha value is -0.0800. The van der Waals surface area contributed by atoms with Crippen LogP contribution in [0.2, 0.25) is 0 Å². The van der Waals surface area contributed by atoms with Crippen molar-refractivity contribution in [3.63, 3.8) is 0 Å². The molecule has 0 aromatic carbocycles. The molecule has 3 aliphatic rings. The Labute approximate surface area is 94.4 Å². The van der Waals surface area contributed by atoms with E-state index >= 15 is 0 Å². The average Bonchev–Trinajstić information content (AvgIpc) is 2.43. The number of likely N-dealkylation sites (tertiary alicyclic amines) is 1. The van der Waals surface area contributed by atoms with Crippen molar-refractivity contribution in [2.75, 3.05) is 19.6 Å². The molecular weight excluding hydrogens is 184 g/mol. The smallest absolute Gasteiger partial charge is 0.0198 e. The third kappa shape index (κ3) is 2.21. The van der Waals surface area contributed by atoms with Crippen LogP contribution in [0.3, 0.4) is 0 Å². The molecule has 2 nitrogen and oxygen atoms in total. The molecule has 0 radical (unpaired) electrons. The number of hydrogen-bond acceptors (Lipinski definition) is 2. The molecule has 2 aliphatic heterocycles. The van der Waals surface area contributed by atoms with Crippen molar-refractivity contribution < 1.29 is 0 Å². The fraction of sp³-hybridized carbons (Fsp3) is 1.00. The Kier molecular flexibility index (Phi) is 3.09. The van der Waals surface area contributed by atoms with E-state index in [0.29, 0.717) is 5.41 Å². The second-order valence-corrected chi connectivity index (χ2v) is 6.00. The minimum absolute atomic E-state index is 0. The van der Waals surface area contributed by atoms with Crippen LogP contribution >= 0.6 is 0 Å². The summed E-state index contributed by atoms with van der Waals surface area (Å²) >= 11 is 0. The third-order valence-corrected chi connectivity index (χ3v) is 4.46. The summed E-state index contributed by atoms with van der Waals surface area (Å²) in [5, 5.41) is 3.70. The third-order valence-electron chi connectivity index (χ3n) is 4.46. The molecule has 3 rings (SSSR count). The van der Waals surface area contributed by atoms with E-state index < -0.39 is 0 Å². The van der Waals surface area contributed by atoms with Gasteiger partial charge in [0.15, 0.2) is 0 Å². The van der Waals surface area contributed by atoms with Crippen LogP contribution in [0.25, 0.3) is 0 Å². The van der Waals surface area contributed by atoms with Gasteiger partial charge in [0, 0.05) is 31.7 Å². The molecule has 0 aromatic heterocycles. The van der Waals surface area contributed by atoms with Crippen LogP contribution in [0.4, 0.5) is 0 Å². The molecule has 0 amide bonds. The van der Waals surface area contributed by atoms with E-state index in [2.05, 4.69) is 17.1 Å². The summed E-state index contributed by atoms with van der Waals surface area (Å²) in [6.45, 7) is 6.46. The van der Waals surface area contributed by atoms with Crippen LogP contribution in [0.1, 0.15) is 46.5 Å². The summed E-state index contributed by atoms with van der Waals surface area (Å²) in [6.07, 6.45) is 7.23. The van der Waals surface area contributed by atoms with Gasteiger partial charge in [-0.05, 0) is 31.1 Å². The highest BCUT2D eigenvalue weighted by atomic mass is 15.2. The molecule has 1 aliphatic carbocycles. The Morgan fingerprint density at radius 3 is 2.27 bits per heavy atom. The lowest BCUT2D eigenvalue weighted by molar-refractivity contribution is 0.0663. The first-order valence-electron chi connectivity index (χ1n) is 6.22. The predicted octanol–water partition coefficient (Wildman–Crippen LogP) is 2.25. The maximum absolute atomic E-state index is 3.70. The lowest BCUT2D eigenvalue weighted by Gasteiger charge is -2.44. The van der Waals surface area contributed by atoms with Crippen molar-refractivity contribution in [2.24, 2.45) is 5.41 Å². The fourth-order valence-corrected chi connectivity index (χ4v) is 3.50. The zero-order valence-corrected chi connectivity index (χ0v) is 9.26. The van der Waals surface area contributed by atoms with Gasteiger partial charge in [-0.1, -0.05) is 20.8 Å². The number of nitrogens with one attached hydrogen (secondary N) is 1. The Morgan fingerprint density at radius 2 is 1.80 bits per heavy atom. The second-order valence-electron chi connectivity index (χ2n) is 6.00. The largest absolute Gasteiger partial charge is 0.309 e. The zero-order valence-electron chi connectivity index (χ0n) is 9.26. The first-order chi connectivity index (χ1) is 6.73. The minimum atomic E-state index is 0. The standard InChI is InChI=1S/C12H22N2.CH4/c1-12(5-2-6-12)9-14-7-10-3-4-11(8-14)13-10;/h10-11,13H,2-9H2,1H3;1H4. The Bertz CT molecular complexity index is 211. The molecule has 2 atom stereocenters. The molecule has 2 bridgehead atoms. The van der Waals surface area contributed by atoms with Crippen LogP contribution in [-0.2, 0) is 0 Å². The molecule has 2 heterocycles. The van der Waals surface area contributed by atoms with Gasteiger partial charge in [-0.2, -0.15) is 0 Å². The maximum Gasteiger partial charge on any atom is 0.0198 e. The van der Waals surface area contributed by atoms with E-state index in [1.165, 1.54) is 51.7 Å². The molecular formula is C13H26N2. The molecule has 0 spiro atoms. The molecule has 15 heavy (non-hydrogen) atoms. The maximum atomic E-state index is 3.70. The highest BCUT2D eigenvalue weighted by molar-refractivity contribution is 4.95. The van der Waals surface area contributed by atoms with E-state index in [4.69, 9.17) is 0 Å². The molecule has 2 saturated heterocycles. The molecule has 3 fully saturated rings. The van der Waals surface area contributed by atoms with Crippen LogP contribution in [0.15, 0.2) is 0 Å². The monoisotopic (exact) mass is 210 g/mol. The number of piperazine rings is 1. The molecule has 1 saturated carbocycles. The predicted molar refractivity (Wildman–Crippen MR) is 65.1 cm³/mol. The van der Waals surface area contributed by atoms with Gasteiger partial charge < -0.3 is 5.32 Å². The second kappa shape index (κ2) is 4.06. The van der Waals surface area contributed by atoms with Crippen molar-refractivity contribution in [3.8, 4) is 0 Å². The van der Waals surface area contributed by atoms with E-state index in [1.54, 1.807) is 0 Å². The normalized spacial score (nSPS) is 38.2. The van der Waals surface area contributed by atoms with Gasteiger partial charge in [-0.3, -0.25) is 4.90 Å². The minimum Gasteiger partial charge on any atom is -0.309 e. The summed E-state index contributed by atoms with van der Waals surface area (Å²) < 4.78 is 0. The zero-order chi connectivity index (χ0) is 9.60.